The zero-order valence-electron chi connectivity index (χ0n) is 14.3. The van der Waals surface area contributed by atoms with E-state index >= 15 is 0 Å². The van der Waals surface area contributed by atoms with Crippen LogP contribution < -0.4 is 5.56 Å². The average Bonchev–Trinajstić information content (AvgIpc) is 2.93. The van der Waals surface area contributed by atoms with Crippen molar-refractivity contribution in [2.45, 2.75) is 13.0 Å². The summed E-state index contributed by atoms with van der Waals surface area (Å²) in [6.07, 6.45) is 0.264. The number of benzene rings is 1. The molecule has 0 saturated carbocycles. The third-order valence-electron chi connectivity index (χ3n) is 4.14. The van der Waals surface area contributed by atoms with Gasteiger partial charge in [-0.3, -0.25) is 9.59 Å². The van der Waals surface area contributed by atoms with E-state index in [4.69, 9.17) is 4.74 Å². The number of rotatable bonds is 3. The zero-order valence-corrected chi connectivity index (χ0v) is 14.3. The van der Waals surface area contributed by atoms with Gasteiger partial charge in [0.15, 0.2) is 0 Å². The molecule has 0 radical (unpaired) electrons. The Morgan fingerprint density at radius 3 is 2.46 bits per heavy atom. The Morgan fingerprint density at radius 1 is 1.00 bits per heavy atom. The molecule has 0 unspecified atom stereocenters. The van der Waals surface area contributed by atoms with Gasteiger partial charge in [-0.1, -0.05) is 30.3 Å². The predicted molar refractivity (Wildman–Crippen MR) is 93.6 cm³/mol. The topological polar surface area (TPSA) is 95.6 Å². The zero-order chi connectivity index (χ0) is 18.4. The molecule has 2 aromatic rings. The Kier molecular flexibility index (Phi) is 5.62. The number of nitrogens with one attached hydrogen (secondary N) is 1. The van der Waals surface area contributed by atoms with Crippen molar-refractivity contribution >= 4 is 12.0 Å². The molecule has 0 spiro atoms. The van der Waals surface area contributed by atoms with Gasteiger partial charge in [-0.2, -0.15) is 5.10 Å². The number of amides is 2. The number of carbonyl (C=O) groups is 2. The fourth-order valence-electron chi connectivity index (χ4n) is 2.74. The third kappa shape index (κ3) is 4.47. The van der Waals surface area contributed by atoms with Crippen LogP contribution in [0.1, 0.15) is 22.5 Å². The fourth-order valence-corrected chi connectivity index (χ4v) is 2.74. The predicted octanol–water partition coefficient (Wildman–Crippen LogP) is 1.25. The van der Waals surface area contributed by atoms with Crippen molar-refractivity contribution in [3.8, 4) is 0 Å². The van der Waals surface area contributed by atoms with Gasteiger partial charge in [0.2, 0.25) is 0 Å². The van der Waals surface area contributed by atoms with Crippen molar-refractivity contribution in [1.82, 2.24) is 20.0 Å². The Labute approximate surface area is 150 Å². The fraction of sp³-hybridized carbons (Fsp3) is 0.333. The van der Waals surface area contributed by atoms with E-state index in [-0.39, 0.29) is 29.9 Å². The monoisotopic (exact) mass is 356 g/mol. The van der Waals surface area contributed by atoms with E-state index in [1.165, 1.54) is 12.1 Å². The first-order chi connectivity index (χ1) is 12.6. The maximum absolute atomic E-state index is 12.5. The molecular formula is C18H20N4O4. The summed E-state index contributed by atoms with van der Waals surface area (Å²) >= 11 is 0. The lowest BCUT2D eigenvalue weighted by atomic mass is 10.2. The number of hydrogen-bond donors (Lipinski definition) is 1. The second-order valence-corrected chi connectivity index (χ2v) is 5.98. The van der Waals surface area contributed by atoms with Crippen molar-refractivity contribution in [2.24, 2.45) is 0 Å². The van der Waals surface area contributed by atoms with Crippen LogP contribution in [0.5, 0.6) is 0 Å². The minimum absolute atomic E-state index is 0.185. The van der Waals surface area contributed by atoms with E-state index in [0.717, 1.165) is 5.56 Å². The van der Waals surface area contributed by atoms with Crippen LogP contribution in [-0.2, 0) is 11.3 Å². The summed E-state index contributed by atoms with van der Waals surface area (Å²) in [7, 11) is 0. The van der Waals surface area contributed by atoms with E-state index in [1.807, 2.05) is 30.3 Å². The summed E-state index contributed by atoms with van der Waals surface area (Å²) in [5, 5.41) is 6.02. The lowest BCUT2D eigenvalue weighted by Crippen LogP contribution is -2.38. The molecule has 1 fully saturated rings. The van der Waals surface area contributed by atoms with Gasteiger partial charge in [0.1, 0.15) is 12.3 Å². The number of aromatic nitrogens is 2. The molecule has 0 bridgehead atoms. The largest absolute Gasteiger partial charge is 0.445 e. The first kappa shape index (κ1) is 17.7. The smallest absolute Gasteiger partial charge is 0.410 e. The first-order valence-electron chi connectivity index (χ1n) is 8.44. The standard InChI is InChI=1S/C18H20N4O4/c23-16-8-7-15(19-20-16)17(24)21-9-4-10-22(12-11-21)18(25)26-13-14-5-2-1-3-6-14/h1-3,5-8H,4,9-13H2,(H,20,23). The number of carbonyl (C=O) groups excluding carboxylic acids is 2. The van der Waals surface area contributed by atoms with Crippen LogP contribution in [0.4, 0.5) is 4.79 Å². The molecule has 1 aromatic heterocycles. The van der Waals surface area contributed by atoms with Crippen molar-refractivity contribution in [3.63, 3.8) is 0 Å². The summed E-state index contributed by atoms with van der Waals surface area (Å²) < 4.78 is 5.35. The Bertz CT molecular complexity index is 801. The molecule has 1 aliphatic rings. The first-order valence-corrected chi connectivity index (χ1v) is 8.44. The highest BCUT2D eigenvalue weighted by Gasteiger charge is 2.24. The molecule has 0 atom stereocenters. The number of hydrogen-bond acceptors (Lipinski definition) is 5. The van der Waals surface area contributed by atoms with Gasteiger partial charge in [-0.25, -0.2) is 9.89 Å². The lowest BCUT2D eigenvalue weighted by Gasteiger charge is -2.21. The minimum atomic E-state index is -0.384. The Morgan fingerprint density at radius 2 is 1.73 bits per heavy atom. The molecule has 8 heteroatoms. The van der Waals surface area contributed by atoms with Crippen LogP contribution in [0.3, 0.4) is 0 Å². The van der Waals surface area contributed by atoms with Gasteiger partial charge >= 0.3 is 6.09 Å². The number of ether oxygens (including phenoxy) is 1. The van der Waals surface area contributed by atoms with E-state index in [1.54, 1.807) is 9.80 Å². The number of nitrogens with zero attached hydrogens (tertiary/aromatic N) is 3. The van der Waals surface area contributed by atoms with Gasteiger partial charge in [-0.15, -0.1) is 0 Å². The van der Waals surface area contributed by atoms with Gasteiger partial charge in [0.25, 0.3) is 11.5 Å². The summed E-state index contributed by atoms with van der Waals surface area (Å²) in [5.74, 6) is -0.263. The summed E-state index contributed by atoms with van der Waals surface area (Å²) in [4.78, 5) is 39.0. The second-order valence-electron chi connectivity index (χ2n) is 5.98. The van der Waals surface area contributed by atoms with Crippen molar-refractivity contribution in [2.75, 3.05) is 26.2 Å². The molecule has 0 aliphatic carbocycles. The molecule has 1 saturated heterocycles. The van der Waals surface area contributed by atoms with Crippen LogP contribution in [0, 0.1) is 0 Å². The van der Waals surface area contributed by atoms with Gasteiger partial charge in [0.05, 0.1) is 0 Å². The highest BCUT2D eigenvalue weighted by atomic mass is 16.6. The molecule has 1 aromatic carbocycles. The summed E-state index contributed by atoms with van der Waals surface area (Å²) in [6.45, 7) is 2.04. The lowest BCUT2D eigenvalue weighted by molar-refractivity contribution is 0.0742. The van der Waals surface area contributed by atoms with E-state index in [9.17, 15) is 14.4 Å². The molecule has 3 rings (SSSR count). The maximum atomic E-state index is 12.5. The molecule has 26 heavy (non-hydrogen) atoms. The molecule has 1 aliphatic heterocycles. The molecular weight excluding hydrogens is 336 g/mol. The van der Waals surface area contributed by atoms with Gasteiger partial charge in [0, 0.05) is 32.2 Å². The van der Waals surface area contributed by atoms with E-state index in [2.05, 4.69) is 10.2 Å². The van der Waals surface area contributed by atoms with Gasteiger partial charge < -0.3 is 14.5 Å². The van der Waals surface area contributed by atoms with Crippen LogP contribution in [0.25, 0.3) is 0 Å². The third-order valence-corrected chi connectivity index (χ3v) is 4.14. The Hall–Kier alpha value is -3.16. The van der Waals surface area contributed by atoms with Crippen LogP contribution in [0.2, 0.25) is 0 Å². The van der Waals surface area contributed by atoms with E-state index in [0.29, 0.717) is 32.6 Å². The summed E-state index contributed by atoms with van der Waals surface area (Å²) in [5.41, 5.74) is 0.756. The van der Waals surface area contributed by atoms with Crippen LogP contribution in [-0.4, -0.2) is 58.2 Å². The Balaban J connectivity index is 1.54. The highest BCUT2D eigenvalue weighted by Crippen LogP contribution is 2.09. The normalized spacial score (nSPS) is 14.6. The van der Waals surface area contributed by atoms with Crippen LogP contribution >= 0.6 is 0 Å². The molecule has 8 nitrogen and oxygen atoms in total. The quantitative estimate of drug-likeness (QED) is 0.893. The maximum Gasteiger partial charge on any atom is 0.410 e. The minimum Gasteiger partial charge on any atom is -0.445 e. The SMILES string of the molecule is O=C(OCc1ccccc1)N1CCCN(C(=O)c2ccc(=O)[nH]n2)CC1. The molecule has 1 N–H and O–H groups in total. The highest BCUT2D eigenvalue weighted by molar-refractivity contribution is 5.92. The van der Waals surface area contributed by atoms with Crippen molar-refractivity contribution in [3.05, 3.63) is 64.1 Å². The second kappa shape index (κ2) is 8.28. The average molecular weight is 356 g/mol. The molecule has 2 heterocycles. The van der Waals surface area contributed by atoms with Crippen molar-refractivity contribution in [1.29, 1.82) is 0 Å². The number of H-pyrrole nitrogens is 1. The summed E-state index contributed by atoms with van der Waals surface area (Å²) in [6, 6.07) is 12.2. The van der Waals surface area contributed by atoms with Crippen molar-refractivity contribution < 1.29 is 14.3 Å². The molecule has 2 amide bonds. The van der Waals surface area contributed by atoms with Gasteiger partial charge in [-0.05, 0) is 18.1 Å². The molecule has 136 valence electrons. The van der Waals surface area contributed by atoms with E-state index < -0.39 is 0 Å². The van der Waals surface area contributed by atoms with Crippen LogP contribution in [0.15, 0.2) is 47.3 Å². The number of aromatic amines is 1.